The molecule has 1 unspecified atom stereocenters. The van der Waals surface area contributed by atoms with Crippen molar-refractivity contribution in [2.24, 2.45) is 0 Å². The highest BCUT2D eigenvalue weighted by molar-refractivity contribution is 7.14. The monoisotopic (exact) mass is 251 g/mol. The fourth-order valence-electron chi connectivity index (χ4n) is 1.65. The van der Waals surface area contributed by atoms with E-state index in [1.165, 1.54) is 11.3 Å². The summed E-state index contributed by atoms with van der Waals surface area (Å²) in [5, 5.41) is 17.2. The molecule has 0 radical (unpaired) electrons. The molecule has 90 valence electrons. The molecule has 6 heteroatoms. The lowest BCUT2D eigenvalue weighted by atomic mass is 10.2. The van der Waals surface area contributed by atoms with Gasteiger partial charge in [0.15, 0.2) is 0 Å². The molecule has 0 saturated carbocycles. The molecule has 2 heterocycles. The van der Waals surface area contributed by atoms with Gasteiger partial charge in [-0.3, -0.25) is 4.79 Å². The van der Waals surface area contributed by atoms with E-state index in [1.54, 1.807) is 11.4 Å². The van der Waals surface area contributed by atoms with Crippen molar-refractivity contribution >= 4 is 22.2 Å². The molecule has 1 atom stereocenters. The number of nitriles is 1. The van der Waals surface area contributed by atoms with Crippen LogP contribution in [0.4, 0.5) is 5.00 Å². The number of amides is 1. The highest BCUT2D eigenvalue weighted by atomic mass is 32.1. The lowest BCUT2D eigenvalue weighted by Crippen LogP contribution is -2.43. The summed E-state index contributed by atoms with van der Waals surface area (Å²) in [7, 11) is 0. The minimum atomic E-state index is -0.0908. The maximum Gasteiger partial charge on any atom is 0.226 e. The molecular weight excluding hydrogens is 238 g/mol. The van der Waals surface area contributed by atoms with Gasteiger partial charge in [0.1, 0.15) is 11.1 Å². The second-order valence-corrected chi connectivity index (χ2v) is 4.67. The molecule has 1 aliphatic rings. The van der Waals surface area contributed by atoms with Crippen molar-refractivity contribution in [1.82, 2.24) is 5.32 Å². The Bertz CT molecular complexity index is 432. The maximum atomic E-state index is 11.7. The predicted molar refractivity (Wildman–Crippen MR) is 64.9 cm³/mol. The molecule has 1 aliphatic heterocycles. The molecule has 1 saturated heterocycles. The van der Waals surface area contributed by atoms with Crippen molar-refractivity contribution in [2.45, 2.75) is 12.5 Å². The molecule has 0 aromatic carbocycles. The number of hydrogen-bond donors (Lipinski definition) is 2. The molecular formula is C11H13N3O2S. The number of nitrogens with zero attached hydrogens (tertiary/aromatic N) is 1. The average molecular weight is 251 g/mol. The Morgan fingerprint density at radius 2 is 2.65 bits per heavy atom. The summed E-state index contributed by atoms with van der Waals surface area (Å²) in [5.41, 5.74) is 0.510. The number of nitrogens with one attached hydrogen (secondary N) is 2. The molecule has 0 bridgehead atoms. The molecule has 5 nitrogen and oxygen atoms in total. The number of hydrogen-bond acceptors (Lipinski definition) is 5. The Labute approximate surface area is 103 Å². The Balaban J connectivity index is 1.87. The lowest BCUT2D eigenvalue weighted by molar-refractivity contribution is -0.117. The van der Waals surface area contributed by atoms with Crippen LogP contribution in [0.2, 0.25) is 0 Å². The largest absolute Gasteiger partial charge is 0.378 e. The van der Waals surface area contributed by atoms with E-state index in [4.69, 9.17) is 10.00 Å². The van der Waals surface area contributed by atoms with Gasteiger partial charge in [0.05, 0.1) is 18.8 Å². The fraction of sp³-hybridized carbons (Fsp3) is 0.455. The van der Waals surface area contributed by atoms with E-state index in [0.29, 0.717) is 30.2 Å². The third kappa shape index (κ3) is 3.27. The van der Waals surface area contributed by atoms with Crippen LogP contribution in [0, 0.1) is 11.3 Å². The summed E-state index contributed by atoms with van der Waals surface area (Å²) in [6, 6.07) is 3.80. The molecule has 17 heavy (non-hydrogen) atoms. The smallest absolute Gasteiger partial charge is 0.226 e. The molecule has 2 N–H and O–H groups in total. The first-order valence-corrected chi connectivity index (χ1v) is 6.26. The molecule has 0 aliphatic carbocycles. The minimum absolute atomic E-state index is 0.0641. The summed E-state index contributed by atoms with van der Waals surface area (Å²) >= 11 is 1.36. The van der Waals surface area contributed by atoms with Gasteiger partial charge in [-0.25, -0.2) is 0 Å². The van der Waals surface area contributed by atoms with Crippen LogP contribution >= 0.6 is 11.3 Å². The number of carbonyl (C=O) groups is 1. The zero-order valence-electron chi connectivity index (χ0n) is 9.23. The third-order valence-corrected chi connectivity index (χ3v) is 3.30. The maximum absolute atomic E-state index is 11.7. The van der Waals surface area contributed by atoms with Gasteiger partial charge in [0.25, 0.3) is 0 Å². The van der Waals surface area contributed by atoms with E-state index in [9.17, 15) is 4.79 Å². The van der Waals surface area contributed by atoms with Crippen LogP contribution in [0.25, 0.3) is 0 Å². The molecule has 1 aromatic rings. The summed E-state index contributed by atoms with van der Waals surface area (Å²) in [6.45, 7) is 2.03. The second kappa shape index (κ2) is 5.77. The molecule has 2 rings (SSSR count). The van der Waals surface area contributed by atoms with Gasteiger partial charge < -0.3 is 15.4 Å². The van der Waals surface area contributed by atoms with Gasteiger partial charge in [-0.05, 0) is 11.4 Å². The zero-order valence-corrected chi connectivity index (χ0v) is 10.0. The molecule has 1 amide bonds. The summed E-state index contributed by atoms with van der Waals surface area (Å²) in [4.78, 5) is 11.7. The van der Waals surface area contributed by atoms with E-state index in [-0.39, 0.29) is 11.9 Å². The fourth-order valence-corrected chi connectivity index (χ4v) is 2.40. The average Bonchev–Trinajstić information content (AvgIpc) is 2.77. The predicted octanol–water partition coefficient (Wildman–Crippen LogP) is 0.937. The molecule has 1 aromatic heterocycles. The van der Waals surface area contributed by atoms with Crippen molar-refractivity contribution in [3.63, 3.8) is 0 Å². The van der Waals surface area contributed by atoms with Crippen LogP contribution in [-0.2, 0) is 9.53 Å². The van der Waals surface area contributed by atoms with E-state index in [2.05, 4.69) is 10.6 Å². The Kier molecular flexibility index (Phi) is 4.09. The van der Waals surface area contributed by atoms with E-state index in [1.807, 2.05) is 6.07 Å². The zero-order chi connectivity index (χ0) is 12.1. The van der Waals surface area contributed by atoms with E-state index < -0.39 is 0 Å². The van der Waals surface area contributed by atoms with Crippen molar-refractivity contribution < 1.29 is 9.53 Å². The SMILES string of the molecule is N#Cc1ccsc1NC(=O)CC1COCCN1. The number of rotatable bonds is 3. The van der Waals surface area contributed by atoms with Gasteiger partial charge >= 0.3 is 0 Å². The van der Waals surface area contributed by atoms with Gasteiger partial charge in [0.2, 0.25) is 5.91 Å². The first-order valence-electron chi connectivity index (χ1n) is 5.38. The standard InChI is InChI=1S/C11H13N3O2S/c12-6-8-1-4-17-11(8)14-10(15)5-9-7-16-3-2-13-9/h1,4,9,13H,2-3,5,7H2,(H,14,15). The van der Waals surface area contributed by atoms with Crippen LogP contribution in [0.1, 0.15) is 12.0 Å². The van der Waals surface area contributed by atoms with Crippen molar-refractivity contribution in [1.29, 1.82) is 5.26 Å². The summed E-state index contributed by atoms with van der Waals surface area (Å²) in [5.74, 6) is -0.0908. The number of ether oxygens (including phenoxy) is 1. The first kappa shape index (κ1) is 12.0. The van der Waals surface area contributed by atoms with Crippen LogP contribution in [0.3, 0.4) is 0 Å². The second-order valence-electron chi connectivity index (χ2n) is 3.75. The first-order chi connectivity index (χ1) is 8.29. The topological polar surface area (TPSA) is 74.2 Å². The number of anilines is 1. The minimum Gasteiger partial charge on any atom is -0.378 e. The Morgan fingerprint density at radius 3 is 3.35 bits per heavy atom. The number of morpholine rings is 1. The van der Waals surface area contributed by atoms with Crippen LogP contribution in [-0.4, -0.2) is 31.7 Å². The number of carbonyl (C=O) groups excluding carboxylic acids is 1. The van der Waals surface area contributed by atoms with Crippen molar-refractivity contribution in [3.05, 3.63) is 17.0 Å². The quantitative estimate of drug-likeness (QED) is 0.838. The molecule has 0 spiro atoms. The van der Waals surface area contributed by atoms with E-state index >= 15 is 0 Å². The van der Waals surface area contributed by atoms with Gasteiger partial charge in [-0.15, -0.1) is 11.3 Å². The lowest BCUT2D eigenvalue weighted by Gasteiger charge is -2.23. The number of thiophene rings is 1. The van der Waals surface area contributed by atoms with Gasteiger partial charge in [0, 0.05) is 19.0 Å². The van der Waals surface area contributed by atoms with Crippen molar-refractivity contribution in [3.8, 4) is 6.07 Å². The van der Waals surface area contributed by atoms with Crippen LogP contribution < -0.4 is 10.6 Å². The van der Waals surface area contributed by atoms with Crippen molar-refractivity contribution in [2.75, 3.05) is 25.1 Å². The Morgan fingerprint density at radius 1 is 1.76 bits per heavy atom. The highest BCUT2D eigenvalue weighted by Crippen LogP contribution is 2.22. The third-order valence-electron chi connectivity index (χ3n) is 2.47. The highest BCUT2D eigenvalue weighted by Gasteiger charge is 2.17. The normalized spacial score (nSPS) is 19.6. The van der Waals surface area contributed by atoms with Crippen LogP contribution in [0.15, 0.2) is 11.4 Å². The summed E-state index contributed by atoms with van der Waals surface area (Å²) < 4.78 is 5.27. The van der Waals surface area contributed by atoms with E-state index in [0.717, 1.165) is 6.54 Å². The van der Waals surface area contributed by atoms with Gasteiger partial charge in [-0.2, -0.15) is 5.26 Å². The Hall–Kier alpha value is -1.42. The van der Waals surface area contributed by atoms with Gasteiger partial charge in [-0.1, -0.05) is 0 Å². The van der Waals surface area contributed by atoms with Crippen LogP contribution in [0.5, 0.6) is 0 Å². The summed E-state index contributed by atoms with van der Waals surface area (Å²) in [6.07, 6.45) is 0.364. The molecule has 1 fully saturated rings.